The molecule has 0 fully saturated rings. The topological polar surface area (TPSA) is 65.0 Å². The third kappa shape index (κ3) is 6.40. The minimum absolute atomic E-state index is 0.627. The Bertz CT molecular complexity index is 3410. The molecule has 5 heteroatoms. The summed E-state index contributed by atoms with van der Waals surface area (Å²) in [5, 5.41) is 4.32. The Balaban J connectivity index is 1.08. The first kappa shape index (κ1) is 35.5. The summed E-state index contributed by atoms with van der Waals surface area (Å²) in [6.07, 6.45) is 3.69. The molecular weight excluding hydrogens is 759 g/mol. The summed E-state index contributed by atoms with van der Waals surface area (Å²) in [6, 6.07) is 69.7. The van der Waals surface area contributed by atoms with Crippen LogP contribution in [0.15, 0.2) is 221 Å². The molecular formula is C57H35N3O2. The van der Waals surface area contributed by atoms with E-state index in [1.54, 1.807) is 6.20 Å². The monoisotopic (exact) mass is 793 g/mol. The Morgan fingerprint density at radius 1 is 0.274 bits per heavy atom. The Morgan fingerprint density at radius 2 is 0.726 bits per heavy atom. The fraction of sp³-hybridized carbons (Fsp3) is 0. The highest BCUT2D eigenvalue weighted by atomic mass is 16.3. The van der Waals surface area contributed by atoms with E-state index in [1.165, 1.54) is 0 Å². The van der Waals surface area contributed by atoms with E-state index in [-0.39, 0.29) is 0 Å². The molecule has 12 aromatic rings. The van der Waals surface area contributed by atoms with Crippen LogP contribution in [0.5, 0.6) is 0 Å². The van der Waals surface area contributed by atoms with Crippen LogP contribution >= 0.6 is 0 Å². The number of benzene rings is 8. The first-order chi connectivity index (χ1) is 30.7. The van der Waals surface area contributed by atoms with E-state index in [1.807, 2.05) is 42.6 Å². The van der Waals surface area contributed by atoms with Gasteiger partial charge in [-0.05, 0) is 118 Å². The number of pyridine rings is 1. The second-order valence-corrected chi connectivity index (χ2v) is 15.6. The molecule has 4 heterocycles. The van der Waals surface area contributed by atoms with Crippen LogP contribution < -0.4 is 0 Å². The number of aromatic nitrogens is 3. The van der Waals surface area contributed by atoms with E-state index in [0.29, 0.717) is 5.82 Å². The molecule has 12 rings (SSSR count). The molecule has 0 spiro atoms. The van der Waals surface area contributed by atoms with Gasteiger partial charge in [-0.15, -0.1) is 0 Å². The van der Waals surface area contributed by atoms with Crippen LogP contribution in [-0.4, -0.2) is 15.0 Å². The van der Waals surface area contributed by atoms with E-state index in [2.05, 4.69) is 169 Å². The Morgan fingerprint density at radius 3 is 1.31 bits per heavy atom. The van der Waals surface area contributed by atoms with Crippen molar-refractivity contribution in [1.82, 2.24) is 15.0 Å². The molecule has 0 unspecified atom stereocenters. The van der Waals surface area contributed by atoms with Crippen molar-refractivity contribution in [1.29, 1.82) is 0 Å². The first-order valence-corrected chi connectivity index (χ1v) is 20.7. The Hall–Kier alpha value is -8.41. The average Bonchev–Trinajstić information content (AvgIpc) is 3.92. The third-order valence-electron chi connectivity index (χ3n) is 11.8. The molecule has 290 valence electrons. The number of hydrogen-bond acceptors (Lipinski definition) is 5. The molecule has 0 N–H and O–H groups in total. The molecule has 0 amide bonds. The van der Waals surface area contributed by atoms with Gasteiger partial charge in [0.05, 0.1) is 11.4 Å². The maximum atomic E-state index is 6.25. The number of furan rings is 2. The van der Waals surface area contributed by atoms with Crippen LogP contribution in [0.3, 0.4) is 0 Å². The SMILES string of the molecule is c1ccc(-c2cccc(-c3cc(-c4cccc(-c5cccnc5)c4)nc(-c4cc(-c5ccc6oc7ccccc7c6c5)cc(-c5ccc6oc7ccccc7c6c5)c4)n3)c2)cc1. The molecule has 8 aromatic carbocycles. The van der Waals surface area contributed by atoms with Crippen molar-refractivity contribution in [2.45, 2.75) is 0 Å². The molecule has 5 nitrogen and oxygen atoms in total. The van der Waals surface area contributed by atoms with Crippen LogP contribution in [0.25, 0.3) is 122 Å². The molecule has 0 radical (unpaired) electrons. The average molecular weight is 794 g/mol. The Labute approximate surface area is 357 Å². The fourth-order valence-corrected chi connectivity index (χ4v) is 8.65. The van der Waals surface area contributed by atoms with E-state index < -0.39 is 0 Å². The summed E-state index contributed by atoms with van der Waals surface area (Å²) in [4.78, 5) is 15.2. The summed E-state index contributed by atoms with van der Waals surface area (Å²) in [5.41, 5.74) is 16.6. The summed E-state index contributed by atoms with van der Waals surface area (Å²) in [7, 11) is 0. The predicted octanol–water partition coefficient (Wildman–Crippen LogP) is 15.3. The van der Waals surface area contributed by atoms with Crippen molar-refractivity contribution in [2.24, 2.45) is 0 Å². The second kappa shape index (κ2) is 14.7. The van der Waals surface area contributed by atoms with Gasteiger partial charge in [0, 0.05) is 56.2 Å². The largest absolute Gasteiger partial charge is 0.456 e. The lowest BCUT2D eigenvalue weighted by atomic mass is 9.94. The van der Waals surface area contributed by atoms with Crippen LogP contribution in [0.4, 0.5) is 0 Å². The van der Waals surface area contributed by atoms with Gasteiger partial charge in [0.1, 0.15) is 22.3 Å². The van der Waals surface area contributed by atoms with Gasteiger partial charge in [-0.2, -0.15) is 0 Å². The van der Waals surface area contributed by atoms with Crippen LogP contribution in [-0.2, 0) is 0 Å². The van der Waals surface area contributed by atoms with Gasteiger partial charge in [0.15, 0.2) is 5.82 Å². The van der Waals surface area contributed by atoms with E-state index >= 15 is 0 Å². The number of hydrogen-bond donors (Lipinski definition) is 0. The van der Waals surface area contributed by atoms with Crippen molar-refractivity contribution >= 4 is 43.9 Å². The third-order valence-corrected chi connectivity index (χ3v) is 11.8. The number of fused-ring (bicyclic) bond motifs is 6. The van der Waals surface area contributed by atoms with E-state index in [9.17, 15) is 0 Å². The van der Waals surface area contributed by atoms with Gasteiger partial charge < -0.3 is 8.83 Å². The van der Waals surface area contributed by atoms with Gasteiger partial charge in [0.25, 0.3) is 0 Å². The number of nitrogens with zero attached hydrogens (tertiary/aromatic N) is 3. The van der Waals surface area contributed by atoms with Crippen LogP contribution in [0.2, 0.25) is 0 Å². The van der Waals surface area contributed by atoms with E-state index in [0.717, 1.165) is 116 Å². The van der Waals surface area contributed by atoms with Crippen molar-refractivity contribution in [3.8, 4) is 78.4 Å². The molecule has 0 aliphatic rings. The molecule has 0 bridgehead atoms. The number of rotatable bonds is 7. The number of para-hydroxylation sites is 2. The summed E-state index contributed by atoms with van der Waals surface area (Å²) < 4.78 is 12.5. The molecule has 0 atom stereocenters. The van der Waals surface area contributed by atoms with Gasteiger partial charge in [-0.1, -0.05) is 121 Å². The van der Waals surface area contributed by atoms with Crippen molar-refractivity contribution in [3.05, 3.63) is 213 Å². The zero-order valence-electron chi connectivity index (χ0n) is 33.4. The molecule has 62 heavy (non-hydrogen) atoms. The van der Waals surface area contributed by atoms with Gasteiger partial charge in [-0.3, -0.25) is 4.98 Å². The summed E-state index contributed by atoms with van der Waals surface area (Å²) in [5.74, 6) is 0.627. The maximum Gasteiger partial charge on any atom is 0.160 e. The van der Waals surface area contributed by atoms with Gasteiger partial charge >= 0.3 is 0 Å². The molecule has 0 saturated carbocycles. The minimum atomic E-state index is 0.627. The lowest BCUT2D eigenvalue weighted by Crippen LogP contribution is -1.97. The standard InChI is InChI=1S/C57H35N3O2/c1-2-11-36(12-3-1)37-13-8-15-41(27-37)51-34-52(42-16-9-14-38(28-42)43-17-10-26-58-35-43)60-57(59-51)46-30-44(39-22-24-55-49(32-39)47-18-4-6-20-53(47)61-55)29-45(31-46)40-23-25-56-50(33-40)48-19-5-7-21-54(48)62-56/h1-35H. The van der Waals surface area contributed by atoms with Crippen molar-refractivity contribution in [2.75, 3.05) is 0 Å². The normalized spacial score (nSPS) is 11.5. The lowest BCUT2D eigenvalue weighted by molar-refractivity contribution is 0.668. The molecule has 0 aliphatic heterocycles. The highest BCUT2D eigenvalue weighted by Gasteiger charge is 2.17. The van der Waals surface area contributed by atoms with E-state index in [4.69, 9.17) is 18.8 Å². The molecule has 0 aliphatic carbocycles. The lowest BCUT2D eigenvalue weighted by Gasteiger charge is -2.14. The zero-order valence-corrected chi connectivity index (χ0v) is 33.4. The van der Waals surface area contributed by atoms with Crippen LogP contribution in [0.1, 0.15) is 0 Å². The smallest absolute Gasteiger partial charge is 0.160 e. The fourth-order valence-electron chi connectivity index (χ4n) is 8.65. The summed E-state index contributed by atoms with van der Waals surface area (Å²) in [6.45, 7) is 0. The van der Waals surface area contributed by atoms with Crippen molar-refractivity contribution in [3.63, 3.8) is 0 Å². The van der Waals surface area contributed by atoms with Gasteiger partial charge in [0.2, 0.25) is 0 Å². The molecule has 4 aromatic heterocycles. The van der Waals surface area contributed by atoms with Gasteiger partial charge in [-0.25, -0.2) is 9.97 Å². The van der Waals surface area contributed by atoms with Crippen molar-refractivity contribution < 1.29 is 8.83 Å². The highest BCUT2D eigenvalue weighted by molar-refractivity contribution is 6.07. The Kier molecular flexibility index (Phi) is 8.42. The quantitative estimate of drug-likeness (QED) is 0.161. The summed E-state index contributed by atoms with van der Waals surface area (Å²) >= 11 is 0. The minimum Gasteiger partial charge on any atom is -0.456 e. The maximum absolute atomic E-state index is 6.25. The predicted molar refractivity (Wildman–Crippen MR) is 252 cm³/mol. The second-order valence-electron chi connectivity index (χ2n) is 15.6. The highest BCUT2D eigenvalue weighted by Crippen LogP contribution is 2.39. The molecule has 0 saturated heterocycles. The zero-order chi connectivity index (χ0) is 41.0. The van der Waals surface area contributed by atoms with Crippen LogP contribution in [0, 0.1) is 0 Å². The first-order valence-electron chi connectivity index (χ1n) is 20.7.